The first kappa shape index (κ1) is 18.0. The molecule has 1 aromatic heterocycles. The van der Waals surface area contributed by atoms with Crippen LogP contribution in [0.1, 0.15) is 44.9 Å². The van der Waals surface area contributed by atoms with E-state index in [9.17, 15) is 4.79 Å². The standard InChI is InChI=1S/C20H33N5O/c26-20(22-18-5-6-18)17-4-1-11-24(16-17)19-7-14-23(15-8-19)10-3-13-25-12-2-9-21-25/h2,9,12,17-19H,1,3-8,10-11,13-16H2,(H,22,26)/t17-/m1/s1. The number of amides is 1. The Morgan fingerprint density at radius 3 is 2.65 bits per heavy atom. The van der Waals surface area contributed by atoms with Crippen molar-refractivity contribution in [2.24, 2.45) is 5.92 Å². The number of piperidine rings is 2. The number of aromatic nitrogens is 2. The molecule has 2 saturated heterocycles. The van der Waals surface area contributed by atoms with Crippen LogP contribution >= 0.6 is 0 Å². The molecule has 144 valence electrons. The van der Waals surface area contributed by atoms with Gasteiger partial charge in [-0.1, -0.05) is 0 Å². The molecule has 26 heavy (non-hydrogen) atoms. The van der Waals surface area contributed by atoms with Crippen LogP contribution in [0.4, 0.5) is 0 Å². The summed E-state index contributed by atoms with van der Waals surface area (Å²) < 4.78 is 2.02. The van der Waals surface area contributed by atoms with E-state index in [-0.39, 0.29) is 5.92 Å². The van der Waals surface area contributed by atoms with Gasteiger partial charge in [0, 0.05) is 37.6 Å². The van der Waals surface area contributed by atoms with Gasteiger partial charge >= 0.3 is 0 Å². The molecule has 1 saturated carbocycles. The van der Waals surface area contributed by atoms with Crippen molar-refractivity contribution in [2.45, 2.75) is 63.6 Å². The average molecular weight is 360 g/mol. The Labute approximate surface area is 156 Å². The van der Waals surface area contributed by atoms with Gasteiger partial charge in [-0.15, -0.1) is 0 Å². The SMILES string of the molecule is O=C(NC1CC1)[C@@H]1CCCN(C2CCN(CCCn3cccn3)CC2)C1. The zero-order valence-electron chi connectivity index (χ0n) is 15.9. The van der Waals surface area contributed by atoms with E-state index in [0.717, 1.165) is 19.5 Å². The number of nitrogens with zero attached hydrogens (tertiary/aromatic N) is 4. The molecule has 0 bridgehead atoms. The fourth-order valence-electron chi connectivity index (χ4n) is 4.50. The van der Waals surface area contributed by atoms with E-state index < -0.39 is 0 Å². The zero-order chi connectivity index (χ0) is 17.8. The van der Waals surface area contributed by atoms with Gasteiger partial charge in [-0.3, -0.25) is 14.4 Å². The topological polar surface area (TPSA) is 53.4 Å². The highest BCUT2D eigenvalue weighted by molar-refractivity contribution is 5.79. The lowest BCUT2D eigenvalue weighted by Crippen LogP contribution is -2.51. The van der Waals surface area contributed by atoms with Crippen molar-refractivity contribution in [2.75, 3.05) is 32.7 Å². The van der Waals surface area contributed by atoms with Crippen LogP contribution < -0.4 is 5.32 Å². The summed E-state index contributed by atoms with van der Waals surface area (Å²) in [6.07, 6.45) is 12.2. The maximum absolute atomic E-state index is 12.4. The third kappa shape index (κ3) is 4.86. The van der Waals surface area contributed by atoms with Crippen LogP contribution in [0.25, 0.3) is 0 Å². The number of hydrogen-bond acceptors (Lipinski definition) is 4. The molecule has 4 rings (SSSR count). The summed E-state index contributed by atoms with van der Waals surface area (Å²) in [7, 11) is 0. The van der Waals surface area contributed by atoms with Gasteiger partial charge in [0.2, 0.25) is 5.91 Å². The molecule has 0 radical (unpaired) electrons. The normalized spacial score (nSPS) is 26.1. The molecule has 1 aromatic rings. The second-order valence-corrected chi connectivity index (χ2v) is 8.31. The van der Waals surface area contributed by atoms with Crippen molar-refractivity contribution in [3.63, 3.8) is 0 Å². The van der Waals surface area contributed by atoms with E-state index in [4.69, 9.17) is 0 Å². The summed E-state index contributed by atoms with van der Waals surface area (Å²) in [4.78, 5) is 17.6. The summed E-state index contributed by atoms with van der Waals surface area (Å²) in [5.41, 5.74) is 0. The monoisotopic (exact) mass is 359 g/mol. The minimum Gasteiger partial charge on any atom is -0.353 e. The Morgan fingerprint density at radius 1 is 1.08 bits per heavy atom. The van der Waals surface area contributed by atoms with Crippen molar-refractivity contribution in [3.05, 3.63) is 18.5 Å². The number of carbonyl (C=O) groups excluding carboxylic acids is 1. The number of carbonyl (C=O) groups is 1. The highest BCUT2D eigenvalue weighted by Gasteiger charge is 2.33. The van der Waals surface area contributed by atoms with Crippen molar-refractivity contribution in [3.8, 4) is 0 Å². The molecule has 6 nitrogen and oxygen atoms in total. The number of nitrogens with one attached hydrogen (secondary N) is 1. The molecule has 3 heterocycles. The first-order valence-electron chi connectivity index (χ1n) is 10.5. The Morgan fingerprint density at radius 2 is 1.92 bits per heavy atom. The van der Waals surface area contributed by atoms with Gasteiger partial charge in [0.25, 0.3) is 0 Å². The Balaban J connectivity index is 1.17. The minimum absolute atomic E-state index is 0.219. The van der Waals surface area contributed by atoms with E-state index in [1.807, 2.05) is 23.1 Å². The first-order chi connectivity index (χ1) is 12.8. The lowest BCUT2D eigenvalue weighted by Gasteiger charge is -2.42. The summed E-state index contributed by atoms with van der Waals surface area (Å²) >= 11 is 0. The Bertz CT molecular complexity index is 563. The largest absolute Gasteiger partial charge is 0.353 e. The maximum Gasteiger partial charge on any atom is 0.224 e. The summed E-state index contributed by atoms with van der Waals surface area (Å²) in [6, 6.07) is 3.15. The van der Waals surface area contributed by atoms with Gasteiger partial charge in [0.15, 0.2) is 0 Å². The fourth-order valence-corrected chi connectivity index (χ4v) is 4.50. The number of likely N-dealkylation sites (tertiary alicyclic amines) is 2. The number of hydrogen-bond donors (Lipinski definition) is 1. The van der Waals surface area contributed by atoms with Crippen molar-refractivity contribution >= 4 is 5.91 Å². The Hall–Kier alpha value is -1.40. The molecule has 1 amide bonds. The molecule has 2 aliphatic heterocycles. The lowest BCUT2D eigenvalue weighted by molar-refractivity contribution is -0.127. The molecule has 0 aromatic carbocycles. The fraction of sp³-hybridized carbons (Fsp3) is 0.800. The summed E-state index contributed by atoms with van der Waals surface area (Å²) in [5.74, 6) is 0.532. The van der Waals surface area contributed by atoms with Crippen molar-refractivity contribution in [1.82, 2.24) is 24.9 Å². The highest BCUT2D eigenvalue weighted by Crippen LogP contribution is 2.26. The minimum atomic E-state index is 0.219. The van der Waals surface area contributed by atoms with Crippen LogP contribution in [0.2, 0.25) is 0 Å². The van der Waals surface area contributed by atoms with Crippen LogP contribution in [0.15, 0.2) is 18.5 Å². The quantitative estimate of drug-likeness (QED) is 0.806. The first-order valence-corrected chi connectivity index (χ1v) is 10.5. The Kier molecular flexibility index (Phi) is 5.90. The molecule has 0 spiro atoms. The predicted molar refractivity (Wildman–Crippen MR) is 102 cm³/mol. The van der Waals surface area contributed by atoms with Crippen molar-refractivity contribution < 1.29 is 4.79 Å². The van der Waals surface area contributed by atoms with Crippen LogP contribution in [0.3, 0.4) is 0 Å². The highest BCUT2D eigenvalue weighted by atomic mass is 16.2. The molecule has 1 N–H and O–H groups in total. The van der Waals surface area contributed by atoms with E-state index in [1.165, 1.54) is 64.7 Å². The molecular formula is C20H33N5O. The molecule has 3 fully saturated rings. The van der Waals surface area contributed by atoms with Crippen molar-refractivity contribution in [1.29, 1.82) is 0 Å². The van der Waals surface area contributed by atoms with E-state index >= 15 is 0 Å². The van der Waals surface area contributed by atoms with Crippen LogP contribution in [0.5, 0.6) is 0 Å². The molecule has 1 aliphatic carbocycles. The smallest absolute Gasteiger partial charge is 0.224 e. The van der Waals surface area contributed by atoms with Gasteiger partial charge in [-0.05, 0) is 77.2 Å². The number of rotatable bonds is 7. The molecule has 0 unspecified atom stereocenters. The van der Waals surface area contributed by atoms with Gasteiger partial charge < -0.3 is 10.2 Å². The van der Waals surface area contributed by atoms with Crippen LogP contribution in [0, 0.1) is 5.92 Å². The van der Waals surface area contributed by atoms with Crippen LogP contribution in [-0.4, -0.2) is 70.3 Å². The zero-order valence-corrected chi connectivity index (χ0v) is 15.9. The summed E-state index contributed by atoms with van der Waals surface area (Å²) in [6.45, 7) is 6.72. The van der Waals surface area contributed by atoms with E-state index in [1.54, 1.807) is 0 Å². The van der Waals surface area contributed by atoms with Gasteiger partial charge in [0.1, 0.15) is 0 Å². The molecule has 3 aliphatic rings. The maximum atomic E-state index is 12.4. The van der Waals surface area contributed by atoms with Gasteiger partial charge in [-0.25, -0.2) is 0 Å². The molecule has 6 heteroatoms. The molecular weight excluding hydrogens is 326 g/mol. The third-order valence-corrected chi connectivity index (χ3v) is 6.24. The van der Waals surface area contributed by atoms with E-state index in [0.29, 0.717) is 18.0 Å². The second-order valence-electron chi connectivity index (χ2n) is 8.31. The predicted octanol–water partition coefficient (Wildman–Crippen LogP) is 1.73. The number of aryl methyl sites for hydroxylation is 1. The van der Waals surface area contributed by atoms with E-state index in [2.05, 4.69) is 20.2 Å². The van der Waals surface area contributed by atoms with Gasteiger partial charge in [0.05, 0.1) is 5.92 Å². The van der Waals surface area contributed by atoms with Gasteiger partial charge in [-0.2, -0.15) is 5.10 Å². The third-order valence-electron chi connectivity index (χ3n) is 6.24. The molecule has 1 atom stereocenters. The average Bonchev–Trinajstić information content (AvgIpc) is 3.34. The summed E-state index contributed by atoms with van der Waals surface area (Å²) in [5, 5.41) is 7.48. The lowest BCUT2D eigenvalue weighted by atomic mass is 9.93. The second kappa shape index (κ2) is 8.53. The van der Waals surface area contributed by atoms with Crippen LogP contribution in [-0.2, 0) is 11.3 Å².